The summed E-state index contributed by atoms with van der Waals surface area (Å²) in [6.45, 7) is 0.478. The number of methoxy groups -OCH3 is 1. The third-order valence-corrected chi connectivity index (χ3v) is 7.16. The SMILES string of the molecule is COc1ccc(CN2C(=O)c3ccnc(-c4cc(Cc5cc(F)cc(C(F)(F)F)c5)ncn4)c3C3CC32)cc1. The van der Waals surface area contributed by atoms with Gasteiger partial charge in [-0.25, -0.2) is 14.4 Å². The Kier molecular flexibility index (Phi) is 6.05. The van der Waals surface area contributed by atoms with E-state index < -0.39 is 17.6 Å². The molecule has 2 unspecified atom stereocenters. The van der Waals surface area contributed by atoms with Crippen molar-refractivity contribution in [2.45, 2.75) is 37.5 Å². The van der Waals surface area contributed by atoms with Crippen molar-refractivity contribution in [3.63, 3.8) is 0 Å². The van der Waals surface area contributed by atoms with Crippen LogP contribution in [-0.4, -0.2) is 38.9 Å². The van der Waals surface area contributed by atoms with Gasteiger partial charge in [0.05, 0.1) is 24.1 Å². The smallest absolute Gasteiger partial charge is 0.416 e. The lowest BCUT2D eigenvalue weighted by molar-refractivity contribution is -0.137. The van der Waals surface area contributed by atoms with Crippen LogP contribution in [0.2, 0.25) is 0 Å². The minimum atomic E-state index is -4.66. The Morgan fingerprint density at radius 3 is 2.54 bits per heavy atom. The van der Waals surface area contributed by atoms with E-state index in [1.807, 2.05) is 29.2 Å². The van der Waals surface area contributed by atoms with Crippen LogP contribution >= 0.6 is 0 Å². The van der Waals surface area contributed by atoms with E-state index in [2.05, 4.69) is 15.0 Å². The summed E-state index contributed by atoms with van der Waals surface area (Å²) < 4.78 is 58.6. The second kappa shape index (κ2) is 9.44. The number of aromatic nitrogens is 3. The van der Waals surface area contributed by atoms with Crippen LogP contribution in [0.4, 0.5) is 17.6 Å². The monoisotopic (exact) mass is 534 g/mol. The molecule has 10 heteroatoms. The molecule has 2 aromatic heterocycles. The third kappa shape index (κ3) is 4.82. The molecule has 1 amide bonds. The van der Waals surface area contributed by atoms with Crippen molar-refractivity contribution < 1.29 is 27.1 Å². The van der Waals surface area contributed by atoms with Gasteiger partial charge in [0.1, 0.15) is 17.9 Å². The van der Waals surface area contributed by atoms with Crippen LogP contribution in [0.1, 0.15) is 50.6 Å². The summed E-state index contributed by atoms with van der Waals surface area (Å²) in [5.74, 6) is -0.200. The Labute approximate surface area is 221 Å². The lowest BCUT2D eigenvalue weighted by Gasteiger charge is -2.29. The quantitative estimate of drug-likeness (QED) is 0.292. The number of nitrogens with zero attached hydrogens (tertiary/aromatic N) is 4. The highest BCUT2D eigenvalue weighted by Crippen LogP contribution is 2.52. The molecule has 0 bridgehead atoms. The fraction of sp³-hybridized carbons (Fsp3) is 0.241. The second-order valence-electron chi connectivity index (χ2n) is 9.73. The minimum absolute atomic E-state index is 0.0218. The van der Waals surface area contributed by atoms with E-state index in [1.54, 1.807) is 25.4 Å². The number of halogens is 4. The van der Waals surface area contributed by atoms with Crippen LogP contribution in [0.15, 0.2) is 67.1 Å². The van der Waals surface area contributed by atoms with Gasteiger partial charge in [-0.3, -0.25) is 9.78 Å². The van der Waals surface area contributed by atoms with Gasteiger partial charge in [0.2, 0.25) is 0 Å². The van der Waals surface area contributed by atoms with Gasteiger partial charge in [-0.2, -0.15) is 13.2 Å². The first-order valence-corrected chi connectivity index (χ1v) is 12.3. The maximum absolute atomic E-state index is 13.9. The predicted octanol–water partition coefficient (Wildman–Crippen LogP) is 5.81. The highest BCUT2D eigenvalue weighted by atomic mass is 19.4. The van der Waals surface area contributed by atoms with Crippen LogP contribution in [0.3, 0.4) is 0 Å². The van der Waals surface area contributed by atoms with E-state index >= 15 is 0 Å². The van der Waals surface area contributed by atoms with Crippen LogP contribution in [-0.2, 0) is 19.1 Å². The molecule has 3 heterocycles. The first-order chi connectivity index (χ1) is 18.7. The van der Waals surface area contributed by atoms with Gasteiger partial charge in [-0.05, 0) is 65.6 Å². The number of alkyl halides is 3. The summed E-state index contributed by atoms with van der Waals surface area (Å²) in [5, 5.41) is 0. The molecule has 1 saturated carbocycles. The lowest BCUT2D eigenvalue weighted by Crippen LogP contribution is -2.37. The van der Waals surface area contributed by atoms with Gasteiger partial charge in [0.15, 0.2) is 0 Å². The highest BCUT2D eigenvalue weighted by molar-refractivity contribution is 5.99. The summed E-state index contributed by atoms with van der Waals surface area (Å²) in [5.41, 5.74) is 2.90. The number of pyridine rings is 1. The Bertz CT molecular complexity index is 1570. The molecule has 6 nitrogen and oxygen atoms in total. The molecule has 0 spiro atoms. The topological polar surface area (TPSA) is 68.2 Å². The fourth-order valence-corrected chi connectivity index (χ4v) is 5.25. The average Bonchev–Trinajstić information content (AvgIpc) is 3.71. The number of carbonyl (C=O) groups is 1. The van der Waals surface area contributed by atoms with E-state index in [1.165, 1.54) is 6.33 Å². The van der Waals surface area contributed by atoms with Crippen LogP contribution < -0.4 is 4.74 Å². The normalized spacial score (nSPS) is 18.0. The molecule has 1 aliphatic heterocycles. The summed E-state index contributed by atoms with van der Waals surface area (Å²) in [6, 6.07) is 13.4. The first kappa shape index (κ1) is 25.0. The van der Waals surface area contributed by atoms with Gasteiger partial charge in [0, 0.05) is 42.4 Å². The summed E-state index contributed by atoms with van der Waals surface area (Å²) in [7, 11) is 1.60. The molecule has 0 N–H and O–H groups in total. The van der Waals surface area contributed by atoms with Crippen molar-refractivity contribution in [1.82, 2.24) is 19.9 Å². The number of ether oxygens (including phenoxy) is 1. The maximum atomic E-state index is 13.9. The predicted molar refractivity (Wildman–Crippen MR) is 133 cm³/mol. The molecule has 0 radical (unpaired) electrons. The fourth-order valence-electron chi connectivity index (χ4n) is 5.25. The number of benzene rings is 2. The van der Waals surface area contributed by atoms with Crippen molar-refractivity contribution in [1.29, 1.82) is 0 Å². The number of hydrogen-bond donors (Lipinski definition) is 0. The molecule has 2 atom stereocenters. The van der Waals surface area contributed by atoms with Gasteiger partial charge in [0.25, 0.3) is 5.91 Å². The standard InChI is InChI=1S/C29H22F4N4O2/c1-39-21-4-2-16(3-5-21)14-37-25-13-23(25)26-22(28(37)38)6-7-34-27(26)24-12-20(35-15-36-24)10-17-8-18(29(31,32)33)11-19(30)9-17/h2-9,11-12,15,23,25H,10,13-14H2,1H3. The number of rotatable bonds is 6. The van der Waals surface area contributed by atoms with E-state index in [4.69, 9.17) is 4.74 Å². The molecule has 1 aliphatic carbocycles. The Balaban J connectivity index is 1.29. The summed E-state index contributed by atoms with van der Waals surface area (Å²) in [4.78, 5) is 28.5. The Morgan fingerprint density at radius 2 is 1.79 bits per heavy atom. The lowest BCUT2D eigenvalue weighted by atomic mass is 9.95. The zero-order chi connectivity index (χ0) is 27.3. The molecule has 2 aliphatic rings. The molecule has 1 fully saturated rings. The maximum Gasteiger partial charge on any atom is 0.416 e. The molecular weight excluding hydrogens is 512 g/mol. The molecule has 39 heavy (non-hydrogen) atoms. The summed E-state index contributed by atoms with van der Waals surface area (Å²) >= 11 is 0. The Hall–Kier alpha value is -4.34. The molecule has 0 saturated heterocycles. The van der Waals surface area contributed by atoms with Crippen LogP contribution in [0.25, 0.3) is 11.4 Å². The van der Waals surface area contributed by atoms with Crippen molar-refractivity contribution in [2.75, 3.05) is 7.11 Å². The average molecular weight is 535 g/mol. The number of carbonyl (C=O) groups excluding carboxylic acids is 1. The third-order valence-electron chi connectivity index (χ3n) is 7.16. The number of amides is 1. The van der Waals surface area contributed by atoms with Crippen LogP contribution in [0, 0.1) is 5.82 Å². The van der Waals surface area contributed by atoms with Gasteiger partial charge < -0.3 is 9.64 Å². The van der Waals surface area contributed by atoms with E-state index in [0.29, 0.717) is 35.3 Å². The van der Waals surface area contributed by atoms with E-state index in [0.717, 1.165) is 35.4 Å². The van der Waals surface area contributed by atoms with E-state index in [9.17, 15) is 22.4 Å². The van der Waals surface area contributed by atoms with Gasteiger partial charge in [-0.1, -0.05) is 12.1 Å². The number of fused-ring (bicyclic) bond motifs is 3. The van der Waals surface area contributed by atoms with Crippen molar-refractivity contribution in [3.05, 3.63) is 106 Å². The second-order valence-corrected chi connectivity index (χ2v) is 9.73. The van der Waals surface area contributed by atoms with Crippen molar-refractivity contribution in [3.8, 4) is 17.1 Å². The van der Waals surface area contributed by atoms with Crippen LogP contribution in [0.5, 0.6) is 5.75 Å². The van der Waals surface area contributed by atoms with E-state index in [-0.39, 0.29) is 29.9 Å². The van der Waals surface area contributed by atoms with Gasteiger partial charge in [-0.15, -0.1) is 0 Å². The van der Waals surface area contributed by atoms with Crippen molar-refractivity contribution in [2.24, 2.45) is 0 Å². The first-order valence-electron chi connectivity index (χ1n) is 12.3. The zero-order valence-electron chi connectivity index (χ0n) is 20.7. The zero-order valence-corrected chi connectivity index (χ0v) is 20.7. The molecular formula is C29H22F4N4O2. The minimum Gasteiger partial charge on any atom is -0.497 e. The largest absolute Gasteiger partial charge is 0.497 e. The van der Waals surface area contributed by atoms with Crippen molar-refractivity contribution >= 4 is 5.91 Å². The molecule has 2 aromatic carbocycles. The number of hydrogen-bond acceptors (Lipinski definition) is 5. The molecule has 6 rings (SSSR count). The highest BCUT2D eigenvalue weighted by Gasteiger charge is 2.52. The molecule has 4 aromatic rings. The Morgan fingerprint density at radius 1 is 1.00 bits per heavy atom. The summed E-state index contributed by atoms with van der Waals surface area (Å²) in [6.07, 6.45) is -1.01. The molecule has 198 valence electrons. The van der Waals surface area contributed by atoms with Gasteiger partial charge >= 0.3 is 6.18 Å².